The van der Waals surface area contributed by atoms with E-state index in [-0.39, 0.29) is 11.9 Å². The Labute approximate surface area is 122 Å². The lowest BCUT2D eigenvalue weighted by Gasteiger charge is -2.12. The number of hydrogen-bond acceptors (Lipinski definition) is 5. The van der Waals surface area contributed by atoms with E-state index in [9.17, 15) is 4.79 Å². The van der Waals surface area contributed by atoms with Crippen molar-refractivity contribution >= 4 is 5.91 Å². The van der Waals surface area contributed by atoms with Crippen LogP contribution in [0.3, 0.4) is 0 Å². The Morgan fingerprint density at radius 1 is 1.00 bits per heavy atom. The van der Waals surface area contributed by atoms with Gasteiger partial charge >= 0.3 is 0 Å². The second kappa shape index (κ2) is 14.7. The van der Waals surface area contributed by atoms with Gasteiger partial charge in [0.2, 0.25) is 5.91 Å². The molecule has 0 heterocycles. The normalized spacial score (nSPS) is 12.3. The number of amides is 1. The summed E-state index contributed by atoms with van der Waals surface area (Å²) in [7, 11) is 1.63. The van der Waals surface area contributed by atoms with Crippen molar-refractivity contribution in [1.29, 1.82) is 0 Å². The molecule has 0 aliphatic rings. The molecule has 1 atom stereocenters. The van der Waals surface area contributed by atoms with Crippen molar-refractivity contribution in [3.05, 3.63) is 0 Å². The first-order valence-electron chi connectivity index (χ1n) is 7.40. The maximum atomic E-state index is 11.2. The van der Waals surface area contributed by atoms with Crippen LogP contribution in [0.1, 0.15) is 26.7 Å². The Balaban J connectivity index is 3.11. The average Bonchev–Trinajstić information content (AvgIpc) is 2.47. The fourth-order valence-corrected chi connectivity index (χ4v) is 1.45. The number of hydrogen-bond donors (Lipinski definition) is 2. The average molecular weight is 290 g/mol. The SMILES string of the molecule is CCCCOCCOCCOCCNC(C)C(=O)NC. The highest BCUT2D eigenvalue weighted by Crippen LogP contribution is 1.88. The molecule has 0 rings (SSSR count). The van der Waals surface area contributed by atoms with Gasteiger partial charge in [0.15, 0.2) is 0 Å². The van der Waals surface area contributed by atoms with Crippen molar-refractivity contribution < 1.29 is 19.0 Å². The zero-order chi connectivity index (χ0) is 15.1. The van der Waals surface area contributed by atoms with E-state index < -0.39 is 0 Å². The highest BCUT2D eigenvalue weighted by Gasteiger charge is 2.08. The van der Waals surface area contributed by atoms with Crippen LogP contribution in [-0.4, -0.2) is 65.2 Å². The lowest BCUT2D eigenvalue weighted by Crippen LogP contribution is -2.41. The highest BCUT2D eigenvalue weighted by atomic mass is 16.5. The van der Waals surface area contributed by atoms with Crippen molar-refractivity contribution in [3.8, 4) is 0 Å². The molecule has 0 saturated carbocycles. The van der Waals surface area contributed by atoms with Gasteiger partial charge in [0.25, 0.3) is 0 Å². The fourth-order valence-electron chi connectivity index (χ4n) is 1.45. The molecule has 2 N–H and O–H groups in total. The number of unbranched alkanes of at least 4 members (excludes halogenated alkanes) is 1. The van der Waals surface area contributed by atoms with Gasteiger partial charge in [-0.1, -0.05) is 13.3 Å². The first-order chi connectivity index (χ1) is 9.72. The third-order valence-electron chi connectivity index (χ3n) is 2.72. The number of nitrogens with one attached hydrogen (secondary N) is 2. The summed E-state index contributed by atoms with van der Waals surface area (Å²) in [6.45, 7) is 8.37. The van der Waals surface area contributed by atoms with Gasteiger partial charge in [0.1, 0.15) is 0 Å². The molecule has 1 amide bonds. The maximum Gasteiger partial charge on any atom is 0.236 e. The Hall–Kier alpha value is -0.690. The number of likely N-dealkylation sites (N-methyl/N-ethyl adjacent to an activating group) is 1. The molecular weight excluding hydrogens is 260 g/mol. The lowest BCUT2D eigenvalue weighted by molar-refractivity contribution is -0.122. The topological polar surface area (TPSA) is 68.8 Å². The molecule has 0 aliphatic heterocycles. The van der Waals surface area contributed by atoms with E-state index >= 15 is 0 Å². The van der Waals surface area contributed by atoms with E-state index in [2.05, 4.69) is 17.6 Å². The van der Waals surface area contributed by atoms with Crippen molar-refractivity contribution in [2.24, 2.45) is 0 Å². The predicted octanol–water partition coefficient (Wildman–Crippen LogP) is 0.560. The highest BCUT2D eigenvalue weighted by molar-refractivity contribution is 5.80. The van der Waals surface area contributed by atoms with Crippen LogP contribution >= 0.6 is 0 Å². The molecule has 0 fully saturated rings. The molecule has 0 spiro atoms. The van der Waals surface area contributed by atoms with Gasteiger partial charge < -0.3 is 24.8 Å². The summed E-state index contributed by atoms with van der Waals surface area (Å²) in [6.07, 6.45) is 2.26. The number of carbonyl (C=O) groups excluding carboxylic acids is 1. The van der Waals surface area contributed by atoms with Crippen LogP contribution in [-0.2, 0) is 19.0 Å². The smallest absolute Gasteiger partial charge is 0.236 e. The lowest BCUT2D eigenvalue weighted by atomic mass is 10.3. The van der Waals surface area contributed by atoms with Gasteiger partial charge in [-0.05, 0) is 13.3 Å². The summed E-state index contributed by atoms with van der Waals surface area (Å²) in [5.41, 5.74) is 0. The van der Waals surface area contributed by atoms with E-state index in [1.54, 1.807) is 7.05 Å². The summed E-state index contributed by atoms with van der Waals surface area (Å²) in [5.74, 6) is -0.0172. The van der Waals surface area contributed by atoms with Crippen LogP contribution in [0.4, 0.5) is 0 Å². The van der Waals surface area contributed by atoms with E-state index in [0.717, 1.165) is 19.4 Å². The Morgan fingerprint density at radius 3 is 2.10 bits per heavy atom. The second-order valence-electron chi connectivity index (χ2n) is 4.48. The molecule has 0 radical (unpaired) electrons. The summed E-state index contributed by atoms with van der Waals surface area (Å²) < 4.78 is 16.1. The van der Waals surface area contributed by atoms with Crippen LogP contribution in [0, 0.1) is 0 Å². The predicted molar refractivity (Wildman–Crippen MR) is 78.9 cm³/mol. The molecule has 0 aliphatic carbocycles. The first kappa shape index (κ1) is 19.3. The van der Waals surface area contributed by atoms with Gasteiger partial charge in [-0.3, -0.25) is 4.79 Å². The van der Waals surface area contributed by atoms with Crippen molar-refractivity contribution in [2.45, 2.75) is 32.7 Å². The van der Waals surface area contributed by atoms with Crippen LogP contribution in [0.5, 0.6) is 0 Å². The first-order valence-corrected chi connectivity index (χ1v) is 7.40. The molecule has 0 aromatic carbocycles. The molecule has 0 bridgehead atoms. The molecule has 20 heavy (non-hydrogen) atoms. The van der Waals surface area contributed by atoms with Gasteiger partial charge in [0.05, 0.1) is 39.1 Å². The zero-order valence-electron chi connectivity index (χ0n) is 13.1. The van der Waals surface area contributed by atoms with Crippen molar-refractivity contribution in [2.75, 3.05) is 53.2 Å². The largest absolute Gasteiger partial charge is 0.379 e. The van der Waals surface area contributed by atoms with Gasteiger partial charge in [-0.25, -0.2) is 0 Å². The number of carbonyl (C=O) groups is 1. The van der Waals surface area contributed by atoms with Crippen LogP contribution in [0.25, 0.3) is 0 Å². The minimum atomic E-state index is -0.194. The number of ether oxygens (including phenoxy) is 3. The van der Waals surface area contributed by atoms with Crippen molar-refractivity contribution in [1.82, 2.24) is 10.6 Å². The second-order valence-corrected chi connectivity index (χ2v) is 4.48. The summed E-state index contributed by atoms with van der Waals surface area (Å²) >= 11 is 0. The minimum absolute atomic E-state index is 0.0172. The Bertz CT molecular complexity index is 227. The molecule has 0 aromatic heterocycles. The van der Waals surface area contributed by atoms with Crippen LogP contribution in [0.2, 0.25) is 0 Å². The summed E-state index contributed by atoms with van der Waals surface area (Å²) in [5, 5.41) is 5.65. The molecule has 1 unspecified atom stereocenters. The molecule has 0 saturated heterocycles. The molecule has 6 nitrogen and oxygen atoms in total. The quantitative estimate of drug-likeness (QED) is 0.458. The molecule has 0 aromatic rings. The summed E-state index contributed by atoms with van der Waals surface area (Å²) in [4.78, 5) is 11.2. The van der Waals surface area contributed by atoms with E-state index in [0.29, 0.717) is 39.6 Å². The zero-order valence-corrected chi connectivity index (χ0v) is 13.1. The Kier molecular flexibility index (Phi) is 14.2. The molecular formula is C14H30N2O4. The molecule has 120 valence electrons. The Morgan fingerprint density at radius 2 is 1.55 bits per heavy atom. The summed E-state index contributed by atoms with van der Waals surface area (Å²) in [6, 6.07) is -0.194. The standard InChI is InChI=1S/C14H30N2O4/c1-4-5-7-18-9-11-20-12-10-19-8-6-16-13(2)14(17)15-3/h13,16H,4-12H2,1-3H3,(H,15,17). The van der Waals surface area contributed by atoms with Gasteiger partial charge in [-0.15, -0.1) is 0 Å². The monoisotopic (exact) mass is 290 g/mol. The van der Waals surface area contributed by atoms with Crippen LogP contribution in [0.15, 0.2) is 0 Å². The van der Waals surface area contributed by atoms with Crippen LogP contribution < -0.4 is 10.6 Å². The van der Waals surface area contributed by atoms with E-state index in [1.165, 1.54) is 0 Å². The fraction of sp³-hybridized carbons (Fsp3) is 0.929. The van der Waals surface area contributed by atoms with E-state index in [1.807, 2.05) is 6.92 Å². The third-order valence-corrected chi connectivity index (χ3v) is 2.72. The minimum Gasteiger partial charge on any atom is -0.379 e. The van der Waals surface area contributed by atoms with Crippen molar-refractivity contribution in [3.63, 3.8) is 0 Å². The number of rotatable bonds is 14. The molecule has 6 heteroatoms. The van der Waals surface area contributed by atoms with E-state index in [4.69, 9.17) is 14.2 Å². The third kappa shape index (κ3) is 12.3. The van der Waals surface area contributed by atoms with Gasteiger partial charge in [0, 0.05) is 20.2 Å². The van der Waals surface area contributed by atoms with Gasteiger partial charge in [-0.2, -0.15) is 0 Å². The maximum absolute atomic E-state index is 11.2.